The minimum absolute atomic E-state index is 0.0736. The van der Waals surface area contributed by atoms with Crippen LogP contribution >= 0.6 is 0 Å². The van der Waals surface area contributed by atoms with Crippen molar-refractivity contribution in [1.29, 1.82) is 0 Å². The molecule has 0 bridgehead atoms. The topological polar surface area (TPSA) is 61.8 Å². The van der Waals surface area contributed by atoms with E-state index in [9.17, 15) is 13.6 Å². The number of carbonyl (C=O) groups excluding carboxylic acids is 1. The average Bonchev–Trinajstić information content (AvgIpc) is 2.45. The van der Waals surface area contributed by atoms with E-state index in [0.29, 0.717) is 6.54 Å². The van der Waals surface area contributed by atoms with Crippen LogP contribution in [0, 0.1) is 0 Å². The first-order valence-corrected chi connectivity index (χ1v) is 5.38. The van der Waals surface area contributed by atoms with Gasteiger partial charge in [-0.2, -0.15) is 0 Å². The molecule has 0 aromatic heterocycles. The Kier molecular flexibility index (Phi) is 3.30. The van der Waals surface area contributed by atoms with Crippen LogP contribution in [0.15, 0.2) is 12.2 Å². The molecule has 2 heterocycles. The van der Waals surface area contributed by atoms with Gasteiger partial charge in [0.25, 0.3) is 5.92 Å². The molecule has 1 saturated heterocycles. The number of rotatable bonds is 2. The highest BCUT2D eigenvalue weighted by molar-refractivity contribution is 5.75. The summed E-state index contributed by atoms with van der Waals surface area (Å²) in [5.74, 6) is -3.14. The number of hydrogen-bond acceptors (Lipinski definition) is 3. The third-order valence-electron chi connectivity index (χ3n) is 2.77. The number of alkyl halides is 2. The highest BCUT2D eigenvalue weighted by Gasteiger charge is 2.53. The van der Waals surface area contributed by atoms with Crippen LogP contribution in [-0.2, 0) is 4.74 Å². The molecule has 0 saturated carbocycles. The van der Waals surface area contributed by atoms with Crippen molar-refractivity contribution in [2.45, 2.75) is 24.7 Å². The Labute approximate surface area is 97.0 Å². The first-order valence-electron chi connectivity index (χ1n) is 5.38. The smallest absolute Gasteiger partial charge is 0.320 e. The molecule has 0 aromatic rings. The predicted octanol–water partition coefficient (Wildman–Crippen LogP) is 0.310. The second kappa shape index (κ2) is 4.58. The molecule has 5 nitrogen and oxygen atoms in total. The summed E-state index contributed by atoms with van der Waals surface area (Å²) in [7, 11) is 0. The maximum Gasteiger partial charge on any atom is 0.320 e. The van der Waals surface area contributed by atoms with E-state index in [-0.39, 0.29) is 6.54 Å². The maximum atomic E-state index is 13.7. The summed E-state index contributed by atoms with van der Waals surface area (Å²) in [5.41, 5.74) is 0. The number of nitrogens with one attached hydrogen (secondary N) is 1. The van der Waals surface area contributed by atoms with Crippen molar-refractivity contribution in [3.05, 3.63) is 12.2 Å². The summed E-state index contributed by atoms with van der Waals surface area (Å²) in [6.07, 6.45) is 0.220. The number of ether oxygens (including phenoxy) is 1. The lowest BCUT2D eigenvalue weighted by atomic mass is 10.2. The lowest BCUT2D eigenvalue weighted by molar-refractivity contribution is -0.135. The van der Waals surface area contributed by atoms with Crippen molar-refractivity contribution in [2.75, 3.05) is 19.7 Å². The molecule has 0 aliphatic carbocycles. The highest BCUT2D eigenvalue weighted by Crippen LogP contribution is 2.37. The minimum atomic E-state index is -3.14. The van der Waals surface area contributed by atoms with Crippen molar-refractivity contribution >= 4 is 6.03 Å². The molecule has 0 radical (unpaired) electrons. The monoisotopic (exact) mass is 248 g/mol. The van der Waals surface area contributed by atoms with Crippen LogP contribution < -0.4 is 5.32 Å². The molecule has 0 spiro atoms. The summed E-state index contributed by atoms with van der Waals surface area (Å²) >= 11 is 0. The van der Waals surface area contributed by atoms with Crippen molar-refractivity contribution in [1.82, 2.24) is 10.2 Å². The number of nitrogens with zero attached hydrogens (tertiary/aromatic N) is 1. The van der Waals surface area contributed by atoms with E-state index in [1.807, 2.05) is 0 Å². The van der Waals surface area contributed by atoms with Gasteiger partial charge in [-0.05, 0) is 0 Å². The first kappa shape index (κ1) is 12.3. The molecule has 17 heavy (non-hydrogen) atoms. The van der Waals surface area contributed by atoms with Crippen molar-refractivity contribution < 1.29 is 23.4 Å². The zero-order valence-corrected chi connectivity index (χ0v) is 9.10. The van der Waals surface area contributed by atoms with Crippen LogP contribution in [0.25, 0.3) is 0 Å². The summed E-state index contributed by atoms with van der Waals surface area (Å²) < 4.78 is 32.3. The Balaban J connectivity index is 2.14. The van der Waals surface area contributed by atoms with Crippen LogP contribution in [-0.4, -0.2) is 54.0 Å². The molecule has 2 N–H and O–H groups in total. The van der Waals surface area contributed by atoms with Crippen LogP contribution in [0.2, 0.25) is 0 Å². The molecular weight excluding hydrogens is 234 g/mol. The quantitative estimate of drug-likeness (QED) is 0.691. The summed E-state index contributed by atoms with van der Waals surface area (Å²) in [4.78, 5) is 12.5. The normalized spacial score (nSPS) is 32.4. The lowest BCUT2D eigenvalue weighted by Crippen LogP contribution is -2.51. The number of hydrogen-bond donors (Lipinski definition) is 2. The van der Waals surface area contributed by atoms with E-state index in [1.54, 1.807) is 12.2 Å². The molecular formula is C10H14F2N2O3. The van der Waals surface area contributed by atoms with Gasteiger partial charge in [0.05, 0.1) is 12.7 Å². The summed E-state index contributed by atoms with van der Waals surface area (Å²) in [5, 5.41) is 11.3. The van der Waals surface area contributed by atoms with Crippen molar-refractivity contribution in [3.8, 4) is 0 Å². The molecule has 2 aliphatic rings. The predicted molar refractivity (Wildman–Crippen MR) is 54.6 cm³/mol. The highest BCUT2D eigenvalue weighted by atomic mass is 19.3. The maximum absolute atomic E-state index is 13.7. The molecule has 2 aliphatic heterocycles. The van der Waals surface area contributed by atoms with Gasteiger partial charge in [-0.15, -0.1) is 0 Å². The molecule has 2 amide bonds. The van der Waals surface area contributed by atoms with Gasteiger partial charge in [0.2, 0.25) is 0 Å². The average molecular weight is 248 g/mol. The molecule has 7 heteroatoms. The number of aliphatic hydroxyl groups excluding tert-OH is 1. The third-order valence-corrected chi connectivity index (χ3v) is 2.77. The van der Waals surface area contributed by atoms with Crippen LogP contribution in [0.3, 0.4) is 0 Å². The minimum Gasteiger partial charge on any atom is -0.394 e. The van der Waals surface area contributed by atoms with Gasteiger partial charge in [0.15, 0.2) is 6.23 Å². The fraction of sp³-hybridized carbons (Fsp3) is 0.700. The Morgan fingerprint density at radius 2 is 2.35 bits per heavy atom. The van der Waals surface area contributed by atoms with Gasteiger partial charge in [-0.3, -0.25) is 4.90 Å². The van der Waals surface area contributed by atoms with Gasteiger partial charge >= 0.3 is 6.03 Å². The second-order valence-electron chi connectivity index (χ2n) is 4.07. The van der Waals surface area contributed by atoms with Crippen molar-refractivity contribution in [2.24, 2.45) is 0 Å². The summed E-state index contributed by atoms with van der Waals surface area (Å²) in [6, 6.07) is -0.585. The molecule has 2 rings (SSSR count). The molecule has 0 aromatic carbocycles. The first-order chi connectivity index (χ1) is 8.04. The van der Waals surface area contributed by atoms with Gasteiger partial charge in [0.1, 0.15) is 0 Å². The van der Waals surface area contributed by atoms with Crippen molar-refractivity contribution in [3.63, 3.8) is 0 Å². The Morgan fingerprint density at radius 1 is 1.59 bits per heavy atom. The van der Waals surface area contributed by atoms with Gasteiger partial charge in [-0.25, -0.2) is 13.6 Å². The molecule has 2 atom stereocenters. The number of carbonyl (C=O) groups is 1. The van der Waals surface area contributed by atoms with Gasteiger partial charge < -0.3 is 15.2 Å². The van der Waals surface area contributed by atoms with E-state index in [4.69, 9.17) is 9.84 Å². The largest absolute Gasteiger partial charge is 0.394 e. The number of aliphatic hydroxyl groups is 1. The van der Waals surface area contributed by atoms with Crippen LogP contribution in [0.5, 0.6) is 0 Å². The SMILES string of the molecule is O=C1NCC=CCN1C1OC(CO)CC1(F)F. The Morgan fingerprint density at radius 3 is 3.00 bits per heavy atom. The zero-order chi connectivity index (χ0) is 12.5. The third kappa shape index (κ3) is 2.39. The van der Waals surface area contributed by atoms with Gasteiger partial charge in [0, 0.05) is 19.5 Å². The standard InChI is InChI=1S/C10H14F2N2O3/c11-10(12)5-7(6-15)17-8(10)14-4-2-1-3-13-9(14)16/h1-2,7-8,15H,3-6H2,(H,13,16). The van der Waals surface area contributed by atoms with E-state index in [2.05, 4.69) is 5.32 Å². The van der Waals surface area contributed by atoms with E-state index in [1.165, 1.54) is 0 Å². The van der Waals surface area contributed by atoms with E-state index < -0.39 is 37.3 Å². The molecule has 2 unspecified atom stereocenters. The lowest BCUT2D eigenvalue weighted by Gasteiger charge is -2.29. The number of amides is 2. The fourth-order valence-corrected chi connectivity index (χ4v) is 1.95. The van der Waals surface area contributed by atoms with Gasteiger partial charge in [-0.1, -0.05) is 12.2 Å². The van der Waals surface area contributed by atoms with Crippen LogP contribution in [0.1, 0.15) is 6.42 Å². The molecule has 1 fully saturated rings. The Hall–Kier alpha value is -1.21. The molecule has 96 valence electrons. The van der Waals surface area contributed by atoms with E-state index in [0.717, 1.165) is 4.90 Å². The second-order valence-corrected chi connectivity index (χ2v) is 4.07. The van der Waals surface area contributed by atoms with Crippen LogP contribution in [0.4, 0.5) is 13.6 Å². The number of urea groups is 1. The summed E-state index contributed by atoms with van der Waals surface area (Å²) in [6.45, 7) is -0.0846. The van der Waals surface area contributed by atoms with E-state index >= 15 is 0 Å². The Bertz CT molecular complexity index is 336. The fourth-order valence-electron chi connectivity index (χ4n) is 1.95. The number of halogens is 2. The zero-order valence-electron chi connectivity index (χ0n) is 9.10.